The average Bonchev–Trinajstić information content (AvgIpc) is 2.72. The number of rotatable bonds is 6. The summed E-state index contributed by atoms with van der Waals surface area (Å²) in [5.74, 6) is -0.0269. The lowest BCUT2D eigenvalue weighted by Gasteiger charge is -2.34. The van der Waals surface area contributed by atoms with Crippen LogP contribution in [0.15, 0.2) is 53.4 Å². The van der Waals surface area contributed by atoms with Gasteiger partial charge in [-0.1, -0.05) is 35.9 Å². The molecule has 1 aliphatic rings. The van der Waals surface area contributed by atoms with Crippen LogP contribution < -0.4 is 0 Å². The number of thioether (sulfide) groups is 1. The van der Waals surface area contributed by atoms with Crippen molar-refractivity contribution in [1.82, 2.24) is 9.21 Å². The lowest BCUT2D eigenvalue weighted by molar-refractivity contribution is -0.129. The SMILES string of the molecule is CC(SCC(=O)N1CCN(S(=O)(=O)c2ccccc2Cl)CC1)c1ccc(F)cc1. The molecule has 0 N–H and O–H groups in total. The summed E-state index contributed by atoms with van der Waals surface area (Å²) in [5, 5.41) is 0.249. The summed E-state index contributed by atoms with van der Waals surface area (Å²) >= 11 is 7.52. The Labute approximate surface area is 179 Å². The fraction of sp³-hybridized carbons (Fsp3) is 0.350. The molecule has 0 aromatic heterocycles. The monoisotopic (exact) mass is 456 g/mol. The Kier molecular flexibility index (Phi) is 7.21. The molecule has 5 nitrogen and oxygen atoms in total. The van der Waals surface area contributed by atoms with Gasteiger partial charge in [-0.15, -0.1) is 11.8 Å². The van der Waals surface area contributed by atoms with Gasteiger partial charge in [0.1, 0.15) is 10.7 Å². The number of carbonyl (C=O) groups excluding carboxylic acids is 1. The molecule has 0 aliphatic carbocycles. The number of benzene rings is 2. The summed E-state index contributed by atoms with van der Waals surface area (Å²) in [6.07, 6.45) is 0. The molecule has 1 aliphatic heterocycles. The molecule has 0 bridgehead atoms. The molecule has 2 aromatic rings. The number of hydrogen-bond acceptors (Lipinski definition) is 4. The van der Waals surface area contributed by atoms with Crippen molar-refractivity contribution in [3.05, 3.63) is 64.9 Å². The molecule has 1 atom stereocenters. The third kappa shape index (κ3) is 5.31. The number of hydrogen-bond donors (Lipinski definition) is 0. The van der Waals surface area contributed by atoms with Gasteiger partial charge >= 0.3 is 0 Å². The van der Waals surface area contributed by atoms with Gasteiger partial charge in [-0.2, -0.15) is 4.31 Å². The van der Waals surface area contributed by atoms with E-state index in [1.165, 1.54) is 34.3 Å². The molecular weight excluding hydrogens is 435 g/mol. The van der Waals surface area contributed by atoms with Crippen molar-refractivity contribution in [3.8, 4) is 0 Å². The normalized spacial score (nSPS) is 16.6. The van der Waals surface area contributed by atoms with Crippen LogP contribution in [0.4, 0.5) is 4.39 Å². The molecule has 1 unspecified atom stereocenters. The Hall–Kier alpha value is -1.61. The first-order valence-corrected chi connectivity index (χ1v) is 12.1. The van der Waals surface area contributed by atoms with Gasteiger partial charge in [0.05, 0.1) is 10.8 Å². The van der Waals surface area contributed by atoms with Crippen molar-refractivity contribution < 1.29 is 17.6 Å². The van der Waals surface area contributed by atoms with E-state index in [0.717, 1.165) is 5.56 Å². The highest BCUT2D eigenvalue weighted by atomic mass is 35.5. The van der Waals surface area contributed by atoms with E-state index in [1.807, 2.05) is 6.92 Å². The first-order valence-electron chi connectivity index (χ1n) is 9.18. The van der Waals surface area contributed by atoms with Gasteiger partial charge in [0.15, 0.2) is 0 Å². The third-order valence-electron chi connectivity index (χ3n) is 4.84. The number of sulfonamides is 1. The quantitative estimate of drug-likeness (QED) is 0.663. The minimum absolute atomic E-state index is 0.0289. The highest BCUT2D eigenvalue weighted by molar-refractivity contribution is 8.00. The van der Waals surface area contributed by atoms with Gasteiger partial charge in [0.25, 0.3) is 0 Å². The van der Waals surface area contributed by atoms with E-state index in [2.05, 4.69) is 0 Å². The molecule has 1 saturated heterocycles. The van der Waals surface area contributed by atoms with Crippen LogP contribution in [-0.2, 0) is 14.8 Å². The van der Waals surface area contributed by atoms with Crippen LogP contribution in [0.25, 0.3) is 0 Å². The van der Waals surface area contributed by atoms with Gasteiger partial charge in [-0.05, 0) is 36.8 Å². The van der Waals surface area contributed by atoms with E-state index in [1.54, 1.807) is 35.2 Å². The predicted octanol–water partition coefficient (Wildman–Crippen LogP) is 3.81. The largest absolute Gasteiger partial charge is 0.339 e. The van der Waals surface area contributed by atoms with Crippen LogP contribution in [0.5, 0.6) is 0 Å². The molecule has 2 aromatic carbocycles. The Bertz CT molecular complexity index is 962. The molecule has 0 spiro atoms. The third-order valence-corrected chi connectivity index (χ3v) is 8.43. The van der Waals surface area contributed by atoms with Crippen LogP contribution in [0.2, 0.25) is 5.02 Å². The van der Waals surface area contributed by atoms with Gasteiger partial charge in [0.2, 0.25) is 15.9 Å². The Morgan fingerprint density at radius 2 is 1.72 bits per heavy atom. The maximum Gasteiger partial charge on any atom is 0.244 e. The standard InChI is InChI=1S/C20H22ClFN2O3S2/c1-15(16-6-8-17(22)9-7-16)28-14-20(25)23-10-12-24(13-11-23)29(26,27)19-5-3-2-4-18(19)21/h2-9,15H,10-14H2,1H3. The van der Waals surface area contributed by atoms with Crippen molar-refractivity contribution in [2.24, 2.45) is 0 Å². The van der Waals surface area contributed by atoms with Gasteiger partial charge < -0.3 is 4.90 Å². The minimum atomic E-state index is -3.68. The second-order valence-electron chi connectivity index (χ2n) is 6.72. The number of carbonyl (C=O) groups is 1. The summed E-state index contributed by atoms with van der Waals surface area (Å²) in [7, 11) is -3.68. The summed E-state index contributed by atoms with van der Waals surface area (Å²) in [5.41, 5.74) is 0.958. The van der Waals surface area contributed by atoms with Crippen LogP contribution in [0, 0.1) is 5.82 Å². The van der Waals surface area contributed by atoms with Crippen LogP contribution in [0.1, 0.15) is 17.7 Å². The summed E-state index contributed by atoms with van der Waals surface area (Å²) in [6, 6.07) is 12.6. The summed E-state index contributed by atoms with van der Waals surface area (Å²) in [6.45, 7) is 3.12. The molecule has 1 amide bonds. The first-order chi connectivity index (χ1) is 13.8. The number of piperazine rings is 1. The second-order valence-corrected chi connectivity index (χ2v) is 10.4. The number of halogens is 2. The molecule has 0 radical (unpaired) electrons. The fourth-order valence-electron chi connectivity index (χ4n) is 3.09. The Morgan fingerprint density at radius 1 is 1.10 bits per heavy atom. The molecule has 156 valence electrons. The van der Waals surface area contributed by atoms with E-state index >= 15 is 0 Å². The topological polar surface area (TPSA) is 57.7 Å². The highest BCUT2D eigenvalue weighted by Gasteiger charge is 2.31. The maximum atomic E-state index is 13.0. The Balaban J connectivity index is 1.53. The van der Waals surface area contributed by atoms with E-state index in [-0.39, 0.29) is 45.7 Å². The van der Waals surface area contributed by atoms with E-state index in [9.17, 15) is 17.6 Å². The van der Waals surface area contributed by atoms with Crippen molar-refractivity contribution in [3.63, 3.8) is 0 Å². The first kappa shape index (κ1) is 22.1. The van der Waals surface area contributed by atoms with Crippen LogP contribution >= 0.6 is 23.4 Å². The van der Waals surface area contributed by atoms with Crippen LogP contribution in [0.3, 0.4) is 0 Å². The summed E-state index contributed by atoms with van der Waals surface area (Å²) in [4.78, 5) is 14.3. The zero-order valence-corrected chi connectivity index (χ0v) is 18.3. The van der Waals surface area contributed by atoms with Crippen LogP contribution in [-0.4, -0.2) is 55.5 Å². The van der Waals surface area contributed by atoms with Gasteiger partial charge in [-0.3, -0.25) is 4.79 Å². The molecule has 1 heterocycles. The summed E-state index contributed by atoms with van der Waals surface area (Å²) < 4.78 is 40.0. The maximum absolute atomic E-state index is 13.0. The molecular formula is C20H22ClFN2O3S2. The van der Waals surface area contributed by atoms with E-state index in [4.69, 9.17) is 11.6 Å². The lowest BCUT2D eigenvalue weighted by Crippen LogP contribution is -2.51. The Morgan fingerprint density at radius 3 is 2.34 bits per heavy atom. The van der Waals surface area contributed by atoms with Gasteiger partial charge in [0, 0.05) is 31.4 Å². The number of amides is 1. The lowest BCUT2D eigenvalue weighted by atomic mass is 10.2. The molecule has 9 heteroatoms. The van der Waals surface area contributed by atoms with E-state index < -0.39 is 10.0 Å². The highest BCUT2D eigenvalue weighted by Crippen LogP contribution is 2.29. The van der Waals surface area contributed by atoms with Crippen molar-refractivity contribution in [2.45, 2.75) is 17.1 Å². The van der Waals surface area contributed by atoms with Gasteiger partial charge in [-0.25, -0.2) is 12.8 Å². The van der Waals surface area contributed by atoms with Crippen molar-refractivity contribution >= 4 is 39.3 Å². The molecule has 3 rings (SSSR count). The minimum Gasteiger partial charge on any atom is -0.339 e. The van der Waals surface area contributed by atoms with Crippen molar-refractivity contribution in [1.29, 1.82) is 0 Å². The molecule has 1 fully saturated rings. The number of nitrogens with zero attached hydrogens (tertiary/aromatic N) is 2. The smallest absolute Gasteiger partial charge is 0.244 e. The average molecular weight is 457 g/mol. The predicted molar refractivity (Wildman–Crippen MR) is 114 cm³/mol. The van der Waals surface area contributed by atoms with E-state index in [0.29, 0.717) is 13.1 Å². The molecule has 29 heavy (non-hydrogen) atoms. The fourth-order valence-corrected chi connectivity index (χ4v) is 5.93. The van der Waals surface area contributed by atoms with Crippen molar-refractivity contribution in [2.75, 3.05) is 31.9 Å². The molecule has 0 saturated carbocycles. The second kappa shape index (κ2) is 9.47. The zero-order chi connectivity index (χ0) is 21.0. The zero-order valence-electron chi connectivity index (χ0n) is 15.9.